The van der Waals surface area contributed by atoms with Gasteiger partial charge in [-0.25, -0.2) is 20.4 Å². The molecular weight excluding hydrogens is 136 g/mol. The van der Waals surface area contributed by atoms with Crippen LogP contribution in [0, 0.1) is 0 Å². The quantitative estimate of drug-likeness (QED) is 0.346. The van der Waals surface area contributed by atoms with Crippen LogP contribution in [0.25, 0.3) is 0 Å². The van der Waals surface area contributed by atoms with Crippen LogP contribution in [0.3, 0.4) is 0 Å². The Morgan fingerprint density at radius 2 is 1.50 bits per heavy atom. The maximum atomic E-state index is 10.6. The zero-order valence-corrected chi connectivity index (χ0v) is 5.39. The summed E-state index contributed by atoms with van der Waals surface area (Å²) in [5, 5.41) is 4.86. The molecule has 1 rings (SSSR count). The first-order chi connectivity index (χ1) is 4.68. The van der Waals surface area contributed by atoms with Crippen molar-refractivity contribution < 1.29 is 9.59 Å². The molecule has 1 heterocycles. The third-order valence-corrected chi connectivity index (χ3v) is 0.985. The van der Waals surface area contributed by atoms with Gasteiger partial charge in [-0.1, -0.05) is 0 Å². The Labute approximate surface area is 57.3 Å². The van der Waals surface area contributed by atoms with Crippen molar-refractivity contribution in [3.63, 3.8) is 0 Å². The van der Waals surface area contributed by atoms with Crippen LogP contribution in [0.4, 0.5) is 9.59 Å². The number of carbonyl (C=O) groups excluding carboxylic acids is 2. The minimum Gasteiger partial charge on any atom is -0.317 e. The SMILES string of the molecule is CC1NC(=O)NNC(=O)N1. The molecule has 6 nitrogen and oxygen atoms in total. The van der Waals surface area contributed by atoms with E-state index >= 15 is 0 Å². The number of nitrogens with one attached hydrogen (secondary N) is 4. The monoisotopic (exact) mass is 144 g/mol. The maximum absolute atomic E-state index is 10.6. The molecule has 0 aromatic rings. The molecule has 0 unspecified atom stereocenters. The van der Waals surface area contributed by atoms with Gasteiger partial charge in [0.2, 0.25) is 0 Å². The normalized spacial score (nSPS) is 19.7. The van der Waals surface area contributed by atoms with Crippen LogP contribution in [0.5, 0.6) is 0 Å². The van der Waals surface area contributed by atoms with Crippen LogP contribution in [0.1, 0.15) is 6.92 Å². The van der Waals surface area contributed by atoms with Crippen molar-refractivity contribution in [2.45, 2.75) is 13.1 Å². The predicted octanol–water partition coefficient (Wildman–Crippen LogP) is -1.14. The first-order valence-corrected chi connectivity index (χ1v) is 2.81. The largest absolute Gasteiger partial charge is 0.335 e. The lowest BCUT2D eigenvalue weighted by molar-refractivity contribution is 0.232. The molecule has 10 heavy (non-hydrogen) atoms. The average molecular weight is 144 g/mol. The molecule has 0 bridgehead atoms. The molecule has 1 fully saturated rings. The Balaban J connectivity index is 2.54. The zero-order chi connectivity index (χ0) is 7.56. The van der Waals surface area contributed by atoms with Crippen molar-refractivity contribution in [3.8, 4) is 0 Å². The number of amides is 4. The maximum Gasteiger partial charge on any atom is 0.335 e. The van der Waals surface area contributed by atoms with E-state index in [1.165, 1.54) is 0 Å². The number of hydrazine groups is 1. The number of urea groups is 2. The van der Waals surface area contributed by atoms with E-state index in [4.69, 9.17) is 0 Å². The molecule has 0 radical (unpaired) electrons. The van der Waals surface area contributed by atoms with Crippen LogP contribution in [0.2, 0.25) is 0 Å². The van der Waals surface area contributed by atoms with Crippen LogP contribution in [-0.4, -0.2) is 18.2 Å². The van der Waals surface area contributed by atoms with E-state index < -0.39 is 12.1 Å². The van der Waals surface area contributed by atoms with E-state index in [1.54, 1.807) is 6.92 Å². The molecule has 6 heteroatoms. The molecule has 1 aliphatic rings. The third-order valence-electron chi connectivity index (χ3n) is 0.985. The number of carbonyl (C=O) groups is 2. The molecule has 0 aliphatic carbocycles. The summed E-state index contributed by atoms with van der Waals surface area (Å²) >= 11 is 0. The highest BCUT2D eigenvalue weighted by molar-refractivity contribution is 5.82. The molecule has 0 aromatic carbocycles. The molecular formula is C4H8N4O2. The fraction of sp³-hybridized carbons (Fsp3) is 0.500. The molecule has 0 atom stereocenters. The van der Waals surface area contributed by atoms with E-state index in [0.29, 0.717) is 0 Å². The Bertz CT molecular complexity index is 151. The molecule has 1 aliphatic heterocycles. The van der Waals surface area contributed by atoms with Gasteiger partial charge in [0.15, 0.2) is 0 Å². The Morgan fingerprint density at radius 3 is 1.90 bits per heavy atom. The summed E-state index contributed by atoms with van der Waals surface area (Å²) < 4.78 is 0. The first kappa shape index (κ1) is 6.66. The minimum absolute atomic E-state index is 0.345. The molecule has 4 N–H and O–H groups in total. The number of rotatable bonds is 0. The standard InChI is InChI=1S/C4H8N4O2/c1-2-5-3(9)7-8-4(10)6-2/h2H,1H3,(H2,5,7,9)(H2,6,8,10). The van der Waals surface area contributed by atoms with Gasteiger partial charge in [0.25, 0.3) is 0 Å². The summed E-state index contributed by atoms with van der Waals surface area (Å²) in [6.07, 6.45) is -0.345. The predicted molar refractivity (Wildman–Crippen MR) is 32.8 cm³/mol. The average Bonchev–Trinajstić information content (AvgIpc) is 1.93. The zero-order valence-electron chi connectivity index (χ0n) is 5.39. The summed E-state index contributed by atoms with van der Waals surface area (Å²) in [4.78, 5) is 21.1. The van der Waals surface area contributed by atoms with Crippen molar-refractivity contribution in [1.29, 1.82) is 0 Å². The number of hydrogen-bond acceptors (Lipinski definition) is 2. The molecule has 1 saturated heterocycles. The van der Waals surface area contributed by atoms with E-state index in [-0.39, 0.29) is 6.17 Å². The minimum atomic E-state index is -0.425. The highest BCUT2D eigenvalue weighted by atomic mass is 16.2. The molecule has 0 saturated carbocycles. The lowest BCUT2D eigenvalue weighted by atomic mass is 10.6. The van der Waals surface area contributed by atoms with Gasteiger partial charge in [-0.05, 0) is 6.92 Å². The van der Waals surface area contributed by atoms with Crippen molar-refractivity contribution in [2.75, 3.05) is 0 Å². The summed E-state index contributed by atoms with van der Waals surface area (Å²) in [7, 11) is 0. The first-order valence-electron chi connectivity index (χ1n) is 2.81. The van der Waals surface area contributed by atoms with Gasteiger partial charge in [0.1, 0.15) is 6.17 Å². The van der Waals surface area contributed by atoms with Crippen LogP contribution < -0.4 is 21.5 Å². The smallest absolute Gasteiger partial charge is 0.317 e. The Hall–Kier alpha value is -1.46. The second-order valence-electron chi connectivity index (χ2n) is 1.92. The summed E-state index contributed by atoms with van der Waals surface area (Å²) in [5.74, 6) is 0. The summed E-state index contributed by atoms with van der Waals surface area (Å²) in [6.45, 7) is 1.66. The van der Waals surface area contributed by atoms with Crippen molar-refractivity contribution >= 4 is 12.1 Å². The van der Waals surface area contributed by atoms with Crippen molar-refractivity contribution in [1.82, 2.24) is 21.5 Å². The third kappa shape index (κ3) is 1.51. The van der Waals surface area contributed by atoms with Gasteiger partial charge in [-0.2, -0.15) is 0 Å². The number of hydrogen-bond donors (Lipinski definition) is 4. The fourth-order valence-electron chi connectivity index (χ4n) is 0.615. The second-order valence-corrected chi connectivity index (χ2v) is 1.92. The molecule has 4 amide bonds. The van der Waals surface area contributed by atoms with Gasteiger partial charge in [-0.3, -0.25) is 0 Å². The van der Waals surface area contributed by atoms with E-state index in [1.807, 2.05) is 0 Å². The Kier molecular flexibility index (Phi) is 1.61. The fourth-order valence-corrected chi connectivity index (χ4v) is 0.615. The lowest BCUT2D eigenvalue weighted by Crippen LogP contribution is -2.43. The van der Waals surface area contributed by atoms with Crippen LogP contribution >= 0.6 is 0 Å². The van der Waals surface area contributed by atoms with E-state index in [0.717, 1.165) is 0 Å². The van der Waals surface area contributed by atoms with Gasteiger partial charge >= 0.3 is 12.1 Å². The van der Waals surface area contributed by atoms with Gasteiger partial charge in [-0.15, -0.1) is 0 Å². The second kappa shape index (κ2) is 2.42. The van der Waals surface area contributed by atoms with Gasteiger partial charge in [0, 0.05) is 0 Å². The van der Waals surface area contributed by atoms with E-state index in [9.17, 15) is 9.59 Å². The van der Waals surface area contributed by atoms with Crippen molar-refractivity contribution in [3.05, 3.63) is 0 Å². The summed E-state index contributed by atoms with van der Waals surface area (Å²) in [6, 6.07) is -0.850. The van der Waals surface area contributed by atoms with Gasteiger partial charge < -0.3 is 10.6 Å². The van der Waals surface area contributed by atoms with E-state index in [2.05, 4.69) is 21.5 Å². The van der Waals surface area contributed by atoms with Gasteiger partial charge in [0.05, 0.1) is 0 Å². The molecule has 56 valence electrons. The van der Waals surface area contributed by atoms with Crippen molar-refractivity contribution in [2.24, 2.45) is 0 Å². The summed E-state index contributed by atoms with van der Waals surface area (Å²) in [5.41, 5.74) is 4.23. The molecule has 0 spiro atoms. The highest BCUT2D eigenvalue weighted by Gasteiger charge is 2.13. The highest BCUT2D eigenvalue weighted by Crippen LogP contribution is 1.78. The van der Waals surface area contributed by atoms with Crippen LogP contribution in [-0.2, 0) is 0 Å². The van der Waals surface area contributed by atoms with Crippen LogP contribution in [0.15, 0.2) is 0 Å². The molecule has 0 aromatic heterocycles. The lowest BCUT2D eigenvalue weighted by Gasteiger charge is -2.07. The Morgan fingerprint density at radius 1 is 1.10 bits per heavy atom. The topological polar surface area (TPSA) is 82.3 Å².